The summed E-state index contributed by atoms with van der Waals surface area (Å²) >= 11 is 18.2. The Bertz CT molecular complexity index is 1130. The first-order chi connectivity index (χ1) is 13.4. The molecule has 1 amide bonds. The zero-order valence-electron chi connectivity index (χ0n) is 14.6. The Balaban J connectivity index is 1.84. The van der Waals surface area contributed by atoms with Crippen molar-refractivity contribution >= 4 is 52.5 Å². The molecule has 28 heavy (non-hydrogen) atoms. The highest BCUT2D eigenvalue weighted by molar-refractivity contribution is 6.35. The molecule has 1 heterocycles. The van der Waals surface area contributed by atoms with E-state index >= 15 is 0 Å². The largest absolute Gasteiger partial charge is 0.457 e. The van der Waals surface area contributed by atoms with Crippen LogP contribution < -0.4 is 5.32 Å². The van der Waals surface area contributed by atoms with E-state index in [0.29, 0.717) is 37.8 Å². The molecule has 140 valence electrons. The summed E-state index contributed by atoms with van der Waals surface area (Å²) in [7, 11) is 0. The molecule has 0 fully saturated rings. The van der Waals surface area contributed by atoms with Gasteiger partial charge in [-0.05, 0) is 55.0 Å². The molecule has 0 spiro atoms. The first-order valence-electron chi connectivity index (χ1n) is 8.12. The SMILES string of the molecule is Cc1ccc(NC(=O)/C(C#N)=C/c2ccc(-c3cc(Cl)ccc3Cl)o2)cc1Cl. The Kier molecular flexibility index (Phi) is 6.11. The van der Waals surface area contributed by atoms with E-state index in [1.165, 1.54) is 6.08 Å². The number of nitriles is 1. The number of halogens is 3. The minimum Gasteiger partial charge on any atom is -0.457 e. The summed E-state index contributed by atoms with van der Waals surface area (Å²) in [5.74, 6) is 0.239. The maximum Gasteiger partial charge on any atom is 0.266 e. The Labute approximate surface area is 176 Å². The Morgan fingerprint density at radius 1 is 1.07 bits per heavy atom. The number of aryl methyl sites for hydroxylation is 1. The number of amides is 1. The van der Waals surface area contributed by atoms with E-state index in [1.807, 2.05) is 13.0 Å². The highest BCUT2D eigenvalue weighted by Crippen LogP contribution is 2.32. The molecule has 2 aromatic carbocycles. The summed E-state index contributed by atoms with van der Waals surface area (Å²) in [6.07, 6.45) is 1.35. The number of furan rings is 1. The van der Waals surface area contributed by atoms with Gasteiger partial charge in [-0.2, -0.15) is 5.26 Å². The first-order valence-corrected chi connectivity index (χ1v) is 9.25. The van der Waals surface area contributed by atoms with E-state index in [2.05, 4.69) is 5.32 Å². The van der Waals surface area contributed by atoms with Crippen LogP contribution in [-0.4, -0.2) is 5.91 Å². The summed E-state index contributed by atoms with van der Waals surface area (Å²) in [6, 6.07) is 15.3. The summed E-state index contributed by atoms with van der Waals surface area (Å²) in [5.41, 5.74) is 1.88. The van der Waals surface area contributed by atoms with E-state index in [0.717, 1.165) is 5.56 Å². The molecule has 3 rings (SSSR count). The van der Waals surface area contributed by atoms with Gasteiger partial charge in [-0.3, -0.25) is 4.79 Å². The topological polar surface area (TPSA) is 66.0 Å². The average molecular weight is 432 g/mol. The van der Waals surface area contributed by atoms with Crippen LogP contribution in [0.25, 0.3) is 17.4 Å². The lowest BCUT2D eigenvalue weighted by Crippen LogP contribution is -2.13. The third-order valence-electron chi connectivity index (χ3n) is 3.90. The van der Waals surface area contributed by atoms with Gasteiger partial charge in [0.15, 0.2) is 0 Å². The van der Waals surface area contributed by atoms with E-state index in [1.54, 1.807) is 48.5 Å². The molecular weight excluding hydrogens is 419 g/mol. The van der Waals surface area contributed by atoms with E-state index in [4.69, 9.17) is 39.2 Å². The predicted molar refractivity (Wildman–Crippen MR) is 113 cm³/mol. The third kappa shape index (κ3) is 4.58. The molecule has 0 radical (unpaired) electrons. The van der Waals surface area contributed by atoms with Crippen LogP contribution in [0.1, 0.15) is 11.3 Å². The van der Waals surface area contributed by atoms with Crippen LogP contribution in [0.3, 0.4) is 0 Å². The van der Waals surface area contributed by atoms with Gasteiger partial charge in [-0.15, -0.1) is 0 Å². The summed E-state index contributed by atoms with van der Waals surface area (Å²) in [6.45, 7) is 1.86. The molecule has 1 N–H and O–H groups in total. The number of carbonyl (C=O) groups is 1. The first kappa shape index (κ1) is 20.0. The maximum absolute atomic E-state index is 12.4. The van der Waals surface area contributed by atoms with Crippen molar-refractivity contribution in [2.45, 2.75) is 6.92 Å². The fourth-order valence-electron chi connectivity index (χ4n) is 2.42. The molecule has 0 bridgehead atoms. The minimum atomic E-state index is -0.568. The van der Waals surface area contributed by atoms with Crippen LogP contribution in [0.15, 0.2) is 58.5 Å². The highest BCUT2D eigenvalue weighted by atomic mass is 35.5. The number of carbonyl (C=O) groups excluding carboxylic acids is 1. The van der Waals surface area contributed by atoms with Gasteiger partial charge >= 0.3 is 0 Å². The van der Waals surface area contributed by atoms with E-state index in [-0.39, 0.29) is 5.57 Å². The van der Waals surface area contributed by atoms with E-state index < -0.39 is 5.91 Å². The Hall–Kier alpha value is -2.71. The lowest BCUT2D eigenvalue weighted by molar-refractivity contribution is -0.112. The van der Waals surface area contributed by atoms with Crippen molar-refractivity contribution in [3.8, 4) is 17.4 Å². The predicted octanol–water partition coefficient (Wildman–Crippen LogP) is 6.76. The molecule has 0 unspecified atom stereocenters. The van der Waals surface area contributed by atoms with Crippen molar-refractivity contribution in [2.75, 3.05) is 5.32 Å². The molecule has 7 heteroatoms. The molecule has 1 aromatic heterocycles. The van der Waals surface area contributed by atoms with Crippen molar-refractivity contribution in [1.82, 2.24) is 0 Å². The molecule has 0 atom stereocenters. The number of hydrogen-bond acceptors (Lipinski definition) is 3. The van der Waals surface area contributed by atoms with Crippen LogP contribution in [0, 0.1) is 18.3 Å². The monoisotopic (exact) mass is 430 g/mol. The fraction of sp³-hybridized carbons (Fsp3) is 0.0476. The Morgan fingerprint density at radius 3 is 2.57 bits per heavy atom. The van der Waals surface area contributed by atoms with Gasteiger partial charge in [0, 0.05) is 27.4 Å². The summed E-state index contributed by atoms with van der Waals surface area (Å²) in [5, 5.41) is 13.5. The molecule has 4 nitrogen and oxygen atoms in total. The Morgan fingerprint density at radius 2 is 1.86 bits per heavy atom. The third-order valence-corrected chi connectivity index (χ3v) is 4.87. The van der Waals surface area contributed by atoms with Gasteiger partial charge in [0.1, 0.15) is 23.2 Å². The second-order valence-corrected chi connectivity index (χ2v) is 7.16. The van der Waals surface area contributed by atoms with Crippen molar-refractivity contribution in [3.63, 3.8) is 0 Å². The zero-order chi connectivity index (χ0) is 20.3. The average Bonchev–Trinajstić information content (AvgIpc) is 3.13. The molecule has 0 aliphatic heterocycles. The lowest BCUT2D eigenvalue weighted by atomic mass is 10.2. The van der Waals surface area contributed by atoms with Crippen LogP contribution in [0.5, 0.6) is 0 Å². The van der Waals surface area contributed by atoms with Crippen molar-refractivity contribution in [2.24, 2.45) is 0 Å². The van der Waals surface area contributed by atoms with Gasteiger partial charge in [-0.1, -0.05) is 40.9 Å². The van der Waals surface area contributed by atoms with Crippen molar-refractivity contribution < 1.29 is 9.21 Å². The van der Waals surface area contributed by atoms with Crippen LogP contribution in [0.4, 0.5) is 5.69 Å². The van der Waals surface area contributed by atoms with E-state index in [9.17, 15) is 10.1 Å². The second-order valence-electron chi connectivity index (χ2n) is 5.91. The molecule has 0 aliphatic carbocycles. The minimum absolute atomic E-state index is 0.116. The zero-order valence-corrected chi connectivity index (χ0v) is 16.9. The number of rotatable bonds is 4. The standard InChI is InChI=1S/C21H13Cl3N2O2/c1-12-2-4-15(10-19(12)24)26-21(27)13(11-25)8-16-5-7-20(28-16)17-9-14(22)3-6-18(17)23/h2-10H,1H3,(H,26,27)/b13-8+. The number of benzene rings is 2. The van der Waals surface area contributed by atoms with Gasteiger partial charge in [0.2, 0.25) is 0 Å². The van der Waals surface area contributed by atoms with Gasteiger partial charge in [0.25, 0.3) is 5.91 Å². The molecular formula is C21H13Cl3N2O2. The van der Waals surface area contributed by atoms with Gasteiger partial charge in [0.05, 0.1) is 5.02 Å². The lowest BCUT2D eigenvalue weighted by Gasteiger charge is -2.06. The molecule has 0 saturated heterocycles. The number of nitrogens with zero attached hydrogens (tertiary/aromatic N) is 1. The molecule has 0 aliphatic rings. The second kappa shape index (κ2) is 8.53. The number of nitrogens with one attached hydrogen (secondary N) is 1. The van der Waals surface area contributed by atoms with Crippen LogP contribution in [-0.2, 0) is 4.79 Å². The number of anilines is 1. The molecule has 0 saturated carbocycles. The summed E-state index contributed by atoms with van der Waals surface area (Å²) in [4.78, 5) is 12.4. The van der Waals surface area contributed by atoms with Crippen molar-refractivity contribution in [3.05, 3.63) is 80.5 Å². The van der Waals surface area contributed by atoms with Gasteiger partial charge in [-0.25, -0.2) is 0 Å². The molecule has 3 aromatic rings. The quantitative estimate of drug-likeness (QED) is 0.366. The maximum atomic E-state index is 12.4. The normalized spacial score (nSPS) is 11.2. The summed E-state index contributed by atoms with van der Waals surface area (Å²) < 4.78 is 5.70. The smallest absolute Gasteiger partial charge is 0.266 e. The van der Waals surface area contributed by atoms with Crippen molar-refractivity contribution in [1.29, 1.82) is 5.26 Å². The van der Waals surface area contributed by atoms with Crippen LogP contribution in [0.2, 0.25) is 15.1 Å². The van der Waals surface area contributed by atoms with Gasteiger partial charge < -0.3 is 9.73 Å². The number of hydrogen-bond donors (Lipinski definition) is 1. The fourth-order valence-corrected chi connectivity index (χ4v) is 2.98. The highest BCUT2D eigenvalue weighted by Gasteiger charge is 2.13. The van der Waals surface area contributed by atoms with Crippen LogP contribution >= 0.6 is 34.8 Å².